The predicted octanol–water partition coefficient (Wildman–Crippen LogP) is -0.366. The Balaban J connectivity index is 0. The summed E-state index contributed by atoms with van der Waals surface area (Å²) in [6, 6.07) is 0. The molecule has 0 aliphatic rings. The Morgan fingerprint density at radius 1 is 0.963 bits per heavy atom. The van der Waals surface area contributed by atoms with E-state index in [1.54, 1.807) is 0 Å². The Morgan fingerprint density at radius 2 is 1.44 bits per heavy atom. The quantitative estimate of drug-likeness (QED) is 0.228. The van der Waals surface area contributed by atoms with Crippen LogP contribution in [0.1, 0.15) is 27.2 Å². The van der Waals surface area contributed by atoms with Gasteiger partial charge in [0.15, 0.2) is 5.25 Å². The number of rotatable bonds is 16. The topological polar surface area (TPSA) is 140 Å². The molecule has 11 heteroatoms. The molecule has 0 radical (unpaired) electrons. The van der Waals surface area contributed by atoms with Crippen LogP contribution in [0.2, 0.25) is 0 Å². The zero-order valence-electron chi connectivity index (χ0n) is 16.7. The van der Waals surface area contributed by atoms with Crippen LogP contribution in [0.4, 0.5) is 0 Å². The van der Waals surface area contributed by atoms with E-state index in [4.69, 9.17) is 18.8 Å². The molecule has 10 nitrogen and oxygen atoms in total. The van der Waals surface area contributed by atoms with Gasteiger partial charge >= 0.3 is 0 Å². The first kappa shape index (κ1) is 28.1. The van der Waals surface area contributed by atoms with Crippen LogP contribution in [0.15, 0.2) is 0 Å². The lowest BCUT2D eigenvalue weighted by molar-refractivity contribution is -0.121. The molecule has 0 spiro atoms. The van der Waals surface area contributed by atoms with Crippen LogP contribution < -0.4 is 10.6 Å². The average molecular weight is 415 g/mol. The van der Waals surface area contributed by atoms with Crippen LogP contribution in [0.5, 0.6) is 0 Å². The maximum Gasteiger partial charge on any atom is 0.278 e. The highest BCUT2D eigenvalue weighted by molar-refractivity contribution is 7.87. The highest BCUT2D eigenvalue weighted by Gasteiger charge is 2.29. The number of carbonyl (C=O) groups is 2. The van der Waals surface area contributed by atoms with Gasteiger partial charge in [0.25, 0.3) is 10.1 Å². The molecule has 0 aromatic carbocycles. The molecule has 0 rings (SSSR count). The number of amides is 1. The lowest BCUT2D eigenvalue weighted by Gasteiger charge is -2.13. The number of carbonyl (C=O) groups excluding carboxylic acids is 2. The number of hydrogen-bond acceptors (Lipinski definition) is 8. The van der Waals surface area contributed by atoms with Crippen LogP contribution in [0.25, 0.3) is 0 Å². The van der Waals surface area contributed by atoms with Gasteiger partial charge in [-0.3, -0.25) is 14.1 Å². The normalized spacial score (nSPS) is 12.0. The molecular formula is C16H34N2O8S. The predicted molar refractivity (Wildman–Crippen MR) is 101 cm³/mol. The second kappa shape index (κ2) is 18.3. The zero-order valence-corrected chi connectivity index (χ0v) is 17.5. The molecule has 0 saturated heterocycles. The standard InChI is InChI=1S/C14H28N2O8S.C2H6/c1-12(17)3-5-22-7-9-24-10-8-23-6-4-16-14(18)13(11-15-2)25(19,20)21;1-2/h13,15H,3-11H2,1-2H3,(H,16,18)(H,19,20,21);1-2H3. The second-order valence-corrected chi connectivity index (χ2v) is 6.74. The summed E-state index contributed by atoms with van der Waals surface area (Å²) in [5.74, 6) is -0.713. The van der Waals surface area contributed by atoms with E-state index in [2.05, 4.69) is 10.6 Å². The molecule has 0 heterocycles. The maximum absolute atomic E-state index is 11.7. The first-order valence-electron chi connectivity index (χ1n) is 8.90. The molecule has 27 heavy (non-hydrogen) atoms. The largest absolute Gasteiger partial charge is 0.379 e. The summed E-state index contributed by atoms with van der Waals surface area (Å²) < 4.78 is 46.8. The van der Waals surface area contributed by atoms with Crippen molar-refractivity contribution in [2.75, 3.05) is 59.8 Å². The van der Waals surface area contributed by atoms with Crippen LogP contribution in [0.3, 0.4) is 0 Å². The molecule has 0 aliphatic heterocycles. The van der Waals surface area contributed by atoms with Crippen molar-refractivity contribution < 1.29 is 36.8 Å². The summed E-state index contributed by atoms with van der Waals surface area (Å²) in [6.07, 6.45) is 0.390. The first-order valence-corrected chi connectivity index (χ1v) is 10.4. The second-order valence-electron chi connectivity index (χ2n) is 5.14. The van der Waals surface area contributed by atoms with Gasteiger partial charge in [0, 0.05) is 19.5 Å². The van der Waals surface area contributed by atoms with Crippen molar-refractivity contribution in [1.29, 1.82) is 0 Å². The lowest BCUT2D eigenvalue weighted by atomic mass is 10.3. The molecule has 1 amide bonds. The molecular weight excluding hydrogens is 380 g/mol. The molecule has 0 aromatic rings. The zero-order chi connectivity index (χ0) is 21.1. The maximum atomic E-state index is 11.7. The van der Waals surface area contributed by atoms with Crippen LogP contribution in [-0.2, 0) is 33.9 Å². The van der Waals surface area contributed by atoms with Gasteiger partial charge in [-0.2, -0.15) is 8.42 Å². The van der Waals surface area contributed by atoms with Gasteiger partial charge in [0.2, 0.25) is 5.91 Å². The molecule has 1 atom stereocenters. The van der Waals surface area contributed by atoms with E-state index in [1.165, 1.54) is 14.0 Å². The SMILES string of the molecule is CC.CNCC(C(=O)NCCOCCOCCOCCC(C)=O)S(=O)(=O)O. The average Bonchev–Trinajstić information content (AvgIpc) is 2.60. The van der Waals surface area contributed by atoms with E-state index in [-0.39, 0.29) is 25.5 Å². The van der Waals surface area contributed by atoms with Crippen molar-refractivity contribution in [2.45, 2.75) is 32.4 Å². The Kier molecular flexibility index (Phi) is 19.0. The number of ketones is 1. The number of hydrogen-bond donors (Lipinski definition) is 3. The van der Waals surface area contributed by atoms with Crippen LogP contribution in [0, 0.1) is 0 Å². The van der Waals surface area contributed by atoms with Crippen molar-refractivity contribution in [3.8, 4) is 0 Å². The highest BCUT2D eigenvalue weighted by Crippen LogP contribution is 1.97. The summed E-state index contributed by atoms with van der Waals surface area (Å²) in [6.45, 7) is 7.43. The molecule has 0 saturated carbocycles. The molecule has 0 fully saturated rings. The van der Waals surface area contributed by atoms with E-state index >= 15 is 0 Å². The lowest BCUT2D eigenvalue weighted by Crippen LogP contribution is -2.45. The number of nitrogens with one attached hydrogen (secondary N) is 2. The van der Waals surface area contributed by atoms with E-state index in [9.17, 15) is 18.0 Å². The molecule has 162 valence electrons. The van der Waals surface area contributed by atoms with Crippen LogP contribution >= 0.6 is 0 Å². The summed E-state index contributed by atoms with van der Waals surface area (Å²) in [5.41, 5.74) is 0. The molecule has 0 aliphatic carbocycles. The number of ether oxygens (including phenoxy) is 3. The third-order valence-corrected chi connectivity index (χ3v) is 4.03. The summed E-state index contributed by atoms with van der Waals surface area (Å²) >= 11 is 0. The Morgan fingerprint density at radius 3 is 1.89 bits per heavy atom. The Labute approximate surface area is 162 Å². The molecule has 1 unspecified atom stereocenters. The van der Waals surface area contributed by atoms with Gasteiger partial charge in [-0.1, -0.05) is 13.8 Å². The first-order chi connectivity index (χ1) is 12.8. The van der Waals surface area contributed by atoms with Gasteiger partial charge in [-0.15, -0.1) is 0 Å². The van der Waals surface area contributed by atoms with E-state index in [0.717, 1.165) is 0 Å². The van der Waals surface area contributed by atoms with Gasteiger partial charge in [0.1, 0.15) is 5.78 Å². The molecule has 0 bridgehead atoms. The van der Waals surface area contributed by atoms with E-state index in [1.807, 2.05) is 13.8 Å². The van der Waals surface area contributed by atoms with Crippen molar-refractivity contribution >= 4 is 21.8 Å². The van der Waals surface area contributed by atoms with E-state index < -0.39 is 21.3 Å². The number of Topliss-reactive ketones (excluding diaryl/α,β-unsaturated/α-hetero) is 1. The Bertz CT molecular complexity index is 485. The minimum Gasteiger partial charge on any atom is -0.379 e. The minimum absolute atomic E-state index is 0.0790. The van der Waals surface area contributed by atoms with Crippen molar-refractivity contribution in [3.05, 3.63) is 0 Å². The third-order valence-electron chi connectivity index (χ3n) is 2.93. The fourth-order valence-electron chi connectivity index (χ4n) is 1.64. The van der Waals surface area contributed by atoms with Gasteiger partial charge in [0.05, 0.1) is 39.6 Å². The Hall–Kier alpha value is -1.11. The summed E-state index contributed by atoms with van der Waals surface area (Å²) in [5, 5.41) is 3.35. The minimum atomic E-state index is -4.46. The van der Waals surface area contributed by atoms with Crippen LogP contribution in [-0.4, -0.2) is 89.7 Å². The fourth-order valence-corrected chi connectivity index (χ4v) is 2.37. The third kappa shape index (κ3) is 18.0. The van der Waals surface area contributed by atoms with E-state index in [0.29, 0.717) is 39.5 Å². The van der Waals surface area contributed by atoms with Crippen molar-refractivity contribution in [2.24, 2.45) is 0 Å². The summed E-state index contributed by atoms with van der Waals surface area (Å²) in [4.78, 5) is 22.3. The van der Waals surface area contributed by atoms with Crippen molar-refractivity contribution in [1.82, 2.24) is 10.6 Å². The van der Waals surface area contributed by atoms with Gasteiger partial charge in [-0.05, 0) is 14.0 Å². The summed E-state index contributed by atoms with van der Waals surface area (Å²) in [7, 11) is -2.99. The smallest absolute Gasteiger partial charge is 0.278 e. The molecule has 0 aromatic heterocycles. The highest BCUT2D eigenvalue weighted by atomic mass is 32.2. The fraction of sp³-hybridized carbons (Fsp3) is 0.875. The van der Waals surface area contributed by atoms with Crippen molar-refractivity contribution in [3.63, 3.8) is 0 Å². The van der Waals surface area contributed by atoms with Gasteiger partial charge in [-0.25, -0.2) is 0 Å². The van der Waals surface area contributed by atoms with Gasteiger partial charge < -0.3 is 24.8 Å². The molecule has 3 N–H and O–H groups in total. The monoisotopic (exact) mass is 414 g/mol.